The molecule has 0 amide bonds. The van der Waals surface area contributed by atoms with Gasteiger partial charge in [0.2, 0.25) is 18.2 Å². The smallest absolute Gasteiger partial charge is 0.222 e. The van der Waals surface area contributed by atoms with Gasteiger partial charge in [-0.05, 0) is 42.7 Å². The van der Waals surface area contributed by atoms with Crippen LogP contribution in [0.25, 0.3) is 0 Å². The van der Waals surface area contributed by atoms with Crippen molar-refractivity contribution in [3.63, 3.8) is 0 Å². The van der Waals surface area contributed by atoms with Crippen LogP contribution >= 0.6 is 0 Å². The molecule has 1 saturated heterocycles. The number of unbranched alkanes of at least 4 members (excludes halogenated alkanes) is 1. The summed E-state index contributed by atoms with van der Waals surface area (Å²) in [5.74, 6) is 1.78. The number of benzene rings is 2. The fourth-order valence-corrected chi connectivity index (χ4v) is 3.88. The first-order valence-electron chi connectivity index (χ1n) is 11.2. The first-order valence-corrected chi connectivity index (χ1v) is 11.2. The molecule has 8 nitrogen and oxygen atoms in total. The Bertz CT molecular complexity index is 953. The Hall–Kier alpha value is -3.26. The van der Waals surface area contributed by atoms with Gasteiger partial charge in [0.15, 0.2) is 0 Å². The van der Waals surface area contributed by atoms with Crippen LogP contribution in [0, 0.1) is 0 Å². The quantitative estimate of drug-likeness (QED) is 0.693. The van der Waals surface area contributed by atoms with E-state index < -0.39 is 6.29 Å². The number of morpholine rings is 1. The predicted molar refractivity (Wildman–Crippen MR) is 129 cm³/mol. The van der Waals surface area contributed by atoms with Gasteiger partial charge >= 0.3 is 0 Å². The molecule has 170 valence electrons. The van der Waals surface area contributed by atoms with E-state index in [1.807, 2.05) is 24.3 Å². The molecule has 0 aromatic heterocycles. The second-order valence-corrected chi connectivity index (χ2v) is 7.89. The van der Waals surface area contributed by atoms with Gasteiger partial charge in [0.1, 0.15) is 5.75 Å². The molecule has 2 aliphatic heterocycles. The number of anilines is 2. The van der Waals surface area contributed by atoms with Crippen LogP contribution < -0.4 is 20.7 Å². The molecule has 1 atom stereocenters. The van der Waals surface area contributed by atoms with Crippen LogP contribution in [-0.2, 0) is 11.2 Å². The third kappa shape index (κ3) is 5.13. The lowest BCUT2D eigenvalue weighted by Gasteiger charge is -2.41. The fraction of sp³-hybridized carbons (Fsp3) is 0.417. The van der Waals surface area contributed by atoms with Crippen molar-refractivity contribution in [3.8, 4) is 5.75 Å². The van der Waals surface area contributed by atoms with Crippen molar-refractivity contribution in [2.45, 2.75) is 32.5 Å². The number of hydrogen-bond acceptors (Lipinski definition) is 8. The third-order valence-corrected chi connectivity index (χ3v) is 5.62. The molecule has 0 spiro atoms. The second-order valence-electron chi connectivity index (χ2n) is 7.89. The van der Waals surface area contributed by atoms with Crippen LogP contribution in [0.15, 0.2) is 58.5 Å². The van der Waals surface area contributed by atoms with Gasteiger partial charge < -0.3 is 25.4 Å². The van der Waals surface area contributed by atoms with Crippen LogP contribution in [0.4, 0.5) is 11.4 Å². The number of aryl methyl sites for hydroxylation is 1. The van der Waals surface area contributed by atoms with E-state index in [0.717, 1.165) is 42.6 Å². The number of methoxy groups -OCH3 is 1. The Morgan fingerprint density at radius 2 is 1.94 bits per heavy atom. The molecule has 32 heavy (non-hydrogen) atoms. The van der Waals surface area contributed by atoms with Crippen molar-refractivity contribution in [3.05, 3.63) is 54.1 Å². The van der Waals surface area contributed by atoms with E-state index in [1.165, 1.54) is 18.4 Å². The summed E-state index contributed by atoms with van der Waals surface area (Å²) in [6, 6.07) is 16.4. The van der Waals surface area contributed by atoms with Crippen molar-refractivity contribution in [2.24, 2.45) is 15.7 Å². The number of hydrogen-bond donors (Lipinski definition) is 2. The van der Waals surface area contributed by atoms with E-state index in [9.17, 15) is 0 Å². The average molecular weight is 437 g/mol. The van der Waals surface area contributed by atoms with Crippen molar-refractivity contribution in [2.75, 3.05) is 43.6 Å². The number of nitrogens with zero attached hydrogens (tertiary/aromatic N) is 4. The zero-order chi connectivity index (χ0) is 22.3. The average Bonchev–Trinajstić information content (AvgIpc) is 2.84. The molecule has 2 heterocycles. The normalized spacial score (nSPS) is 18.8. The lowest BCUT2D eigenvalue weighted by molar-refractivity contribution is 0.0671. The van der Waals surface area contributed by atoms with E-state index in [2.05, 4.69) is 56.3 Å². The topological polar surface area (TPSA) is 87.7 Å². The third-order valence-electron chi connectivity index (χ3n) is 5.62. The molecule has 0 saturated carbocycles. The Morgan fingerprint density at radius 3 is 2.66 bits per heavy atom. The summed E-state index contributed by atoms with van der Waals surface area (Å²) in [4.78, 5) is 13.5. The number of aliphatic imine (C=N–C) groups is 2. The van der Waals surface area contributed by atoms with Gasteiger partial charge in [-0.1, -0.05) is 31.5 Å². The molecule has 0 aliphatic carbocycles. The van der Waals surface area contributed by atoms with Crippen LogP contribution in [0.1, 0.15) is 25.3 Å². The van der Waals surface area contributed by atoms with Gasteiger partial charge in [0.25, 0.3) is 0 Å². The second kappa shape index (κ2) is 10.4. The van der Waals surface area contributed by atoms with Crippen molar-refractivity contribution in [1.29, 1.82) is 0 Å². The van der Waals surface area contributed by atoms with E-state index in [1.54, 1.807) is 7.11 Å². The Labute approximate surface area is 189 Å². The molecule has 4 rings (SSSR count). The standard InChI is InChI=1S/C24H32N6O2/c1-3-4-6-18-9-11-19(12-10-18)26-23-27-22(25)28-24(29-13-15-32-16-14-29)30(23)20-7-5-8-21(17-20)31-2/h5,7-12,17,23,26H,3-4,6,13-16H2,1-2H3,(H2,25,27). The Morgan fingerprint density at radius 1 is 1.16 bits per heavy atom. The molecule has 0 bridgehead atoms. The van der Waals surface area contributed by atoms with Crippen molar-refractivity contribution >= 4 is 23.3 Å². The monoisotopic (exact) mass is 436 g/mol. The minimum atomic E-state index is -0.445. The maximum atomic E-state index is 6.16. The van der Waals surface area contributed by atoms with E-state index in [0.29, 0.717) is 13.2 Å². The van der Waals surface area contributed by atoms with E-state index in [4.69, 9.17) is 15.2 Å². The molecule has 3 N–H and O–H groups in total. The SMILES string of the molecule is CCCCc1ccc(NC2N=C(N)N=C(N3CCOCC3)N2c2cccc(OC)c2)cc1. The summed E-state index contributed by atoms with van der Waals surface area (Å²) in [6.45, 7) is 5.00. The van der Waals surface area contributed by atoms with Crippen molar-refractivity contribution < 1.29 is 9.47 Å². The molecule has 1 unspecified atom stereocenters. The van der Waals surface area contributed by atoms with Crippen LogP contribution in [0.5, 0.6) is 5.75 Å². The van der Waals surface area contributed by atoms with Crippen LogP contribution in [-0.4, -0.2) is 56.5 Å². The maximum Gasteiger partial charge on any atom is 0.222 e. The van der Waals surface area contributed by atoms with Crippen LogP contribution in [0.2, 0.25) is 0 Å². The van der Waals surface area contributed by atoms with Crippen molar-refractivity contribution in [1.82, 2.24) is 4.90 Å². The fourth-order valence-electron chi connectivity index (χ4n) is 3.88. The minimum Gasteiger partial charge on any atom is -0.497 e. The number of ether oxygens (including phenoxy) is 2. The van der Waals surface area contributed by atoms with Gasteiger partial charge in [-0.15, -0.1) is 0 Å². The first kappa shape index (κ1) is 22.0. The lowest BCUT2D eigenvalue weighted by atomic mass is 10.1. The number of guanidine groups is 2. The predicted octanol–water partition coefficient (Wildman–Crippen LogP) is 3.26. The maximum absolute atomic E-state index is 6.16. The summed E-state index contributed by atoms with van der Waals surface area (Å²) >= 11 is 0. The molecule has 0 radical (unpaired) electrons. The van der Waals surface area contributed by atoms with Gasteiger partial charge in [-0.3, -0.25) is 4.90 Å². The van der Waals surface area contributed by atoms with E-state index in [-0.39, 0.29) is 5.96 Å². The molecular weight excluding hydrogens is 404 g/mol. The van der Waals surface area contributed by atoms with Gasteiger partial charge in [0.05, 0.1) is 26.0 Å². The highest BCUT2D eigenvalue weighted by Gasteiger charge is 2.32. The summed E-state index contributed by atoms with van der Waals surface area (Å²) in [5, 5.41) is 3.53. The summed E-state index contributed by atoms with van der Waals surface area (Å²) in [7, 11) is 1.66. The number of nitrogens with one attached hydrogen (secondary N) is 1. The lowest BCUT2D eigenvalue weighted by Crippen LogP contribution is -2.57. The molecule has 8 heteroatoms. The number of nitrogens with two attached hydrogens (primary N) is 1. The zero-order valence-corrected chi connectivity index (χ0v) is 18.8. The highest BCUT2D eigenvalue weighted by molar-refractivity contribution is 6.06. The van der Waals surface area contributed by atoms with Crippen LogP contribution in [0.3, 0.4) is 0 Å². The Kier molecular flexibility index (Phi) is 7.11. The van der Waals surface area contributed by atoms with E-state index >= 15 is 0 Å². The summed E-state index contributed by atoms with van der Waals surface area (Å²) < 4.78 is 11.0. The highest BCUT2D eigenvalue weighted by Crippen LogP contribution is 2.27. The first-order chi connectivity index (χ1) is 15.7. The summed E-state index contributed by atoms with van der Waals surface area (Å²) in [5.41, 5.74) is 9.40. The molecule has 2 aliphatic rings. The largest absolute Gasteiger partial charge is 0.497 e. The molecular formula is C24H32N6O2. The highest BCUT2D eigenvalue weighted by atomic mass is 16.5. The number of rotatable bonds is 7. The molecule has 2 aromatic rings. The molecule has 2 aromatic carbocycles. The minimum absolute atomic E-state index is 0.253. The summed E-state index contributed by atoms with van der Waals surface area (Å²) in [6.07, 6.45) is 3.03. The molecule has 1 fully saturated rings. The Balaban J connectivity index is 1.64. The van der Waals surface area contributed by atoms with Gasteiger partial charge in [-0.2, -0.15) is 4.99 Å². The van der Waals surface area contributed by atoms with Gasteiger partial charge in [-0.25, -0.2) is 4.99 Å². The van der Waals surface area contributed by atoms with Gasteiger partial charge in [0, 0.05) is 24.8 Å². The zero-order valence-electron chi connectivity index (χ0n) is 18.8.